The van der Waals surface area contributed by atoms with Crippen LogP contribution in [-0.4, -0.2) is 49.4 Å². The van der Waals surface area contributed by atoms with Crippen molar-refractivity contribution in [2.45, 2.75) is 58.0 Å². The zero-order valence-electron chi connectivity index (χ0n) is 16.8. The van der Waals surface area contributed by atoms with Gasteiger partial charge in [0.25, 0.3) is 0 Å². The molecule has 0 aromatic heterocycles. The summed E-state index contributed by atoms with van der Waals surface area (Å²) in [6.07, 6.45) is 1.64. The second-order valence-corrected chi connectivity index (χ2v) is 10.3. The molecule has 0 aromatic rings. The van der Waals surface area contributed by atoms with Gasteiger partial charge in [0.1, 0.15) is 11.5 Å². The van der Waals surface area contributed by atoms with Gasteiger partial charge in [-0.3, -0.25) is 14.4 Å². The Hall–Kier alpha value is -1.73. The molecule has 3 saturated heterocycles. The number of ether oxygens (including phenoxy) is 4. The van der Waals surface area contributed by atoms with Crippen LogP contribution in [0.25, 0.3) is 0 Å². The van der Waals surface area contributed by atoms with Gasteiger partial charge in [-0.2, -0.15) is 0 Å². The SMILES string of the molecule is C=C1C(=O)C23CC1CC1OC4OCC5(C(CCC(C)(COC(C)=O)C45)OC2=O)C13. The van der Waals surface area contributed by atoms with Gasteiger partial charge in [-0.15, -0.1) is 0 Å². The quantitative estimate of drug-likeness (QED) is 0.395. The van der Waals surface area contributed by atoms with E-state index >= 15 is 0 Å². The first-order chi connectivity index (χ1) is 13.7. The van der Waals surface area contributed by atoms with Gasteiger partial charge in [0.15, 0.2) is 12.1 Å². The predicted molar refractivity (Wildman–Crippen MR) is 97.2 cm³/mol. The molecule has 2 spiro atoms. The van der Waals surface area contributed by atoms with E-state index in [2.05, 4.69) is 13.5 Å². The van der Waals surface area contributed by atoms with Gasteiger partial charge < -0.3 is 18.9 Å². The van der Waals surface area contributed by atoms with Crippen LogP contribution in [0.5, 0.6) is 0 Å². The number of hydrogen-bond acceptors (Lipinski definition) is 7. The van der Waals surface area contributed by atoms with Gasteiger partial charge in [-0.25, -0.2) is 0 Å². The van der Waals surface area contributed by atoms with E-state index in [9.17, 15) is 14.4 Å². The highest BCUT2D eigenvalue weighted by Crippen LogP contribution is 2.74. The molecule has 3 saturated carbocycles. The first-order valence-corrected chi connectivity index (χ1v) is 10.6. The van der Waals surface area contributed by atoms with Gasteiger partial charge in [0.05, 0.1) is 19.3 Å². The molecule has 9 unspecified atom stereocenters. The molecule has 3 aliphatic carbocycles. The monoisotopic (exact) mass is 402 g/mol. The average Bonchev–Trinajstić information content (AvgIpc) is 3.08. The van der Waals surface area contributed by atoms with E-state index in [4.69, 9.17) is 18.9 Å². The van der Waals surface area contributed by atoms with Crippen molar-refractivity contribution in [3.8, 4) is 0 Å². The Labute approximate surface area is 169 Å². The molecule has 3 heterocycles. The molecule has 0 amide bonds. The van der Waals surface area contributed by atoms with Crippen molar-refractivity contribution >= 4 is 17.7 Å². The third-order valence-electron chi connectivity index (χ3n) is 8.96. The van der Waals surface area contributed by atoms with Gasteiger partial charge in [0.2, 0.25) is 0 Å². The summed E-state index contributed by atoms with van der Waals surface area (Å²) in [4.78, 5) is 38.2. The Morgan fingerprint density at radius 2 is 2.10 bits per heavy atom. The molecule has 0 radical (unpaired) electrons. The second-order valence-electron chi connectivity index (χ2n) is 10.3. The van der Waals surface area contributed by atoms with E-state index in [1.165, 1.54) is 6.92 Å². The summed E-state index contributed by atoms with van der Waals surface area (Å²) in [7, 11) is 0. The van der Waals surface area contributed by atoms with E-state index in [1.807, 2.05) is 0 Å². The van der Waals surface area contributed by atoms with Crippen LogP contribution in [0.1, 0.15) is 39.5 Å². The van der Waals surface area contributed by atoms with Gasteiger partial charge >= 0.3 is 11.9 Å². The standard InChI is InChI=1S/C22H26O7/c1-10-12-6-13-15-21(7-12,17(10)24)19(25)29-14-4-5-20(3,8-26-11(2)23)16-18(28-13)27-9-22(14,15)16/h12-16,18H,1,4-9H2,2-3H3. The number of carbonyl (C=O) groups is 3. The number of allylic oxidation sites excluding steroid dienone is 1. The predicted octanol–water partition coefficient (Wildman–Crippen LogP) is 1.78. The van der Waals surface area contributed by atoms with Crippen LogP contribution in [0.3, 0.4) is 0 Å². The maximum absolute atomic E-state index is 13.4. The van der Waals surface area contributed by atoms with Crippen LogP contribution >= 0.6 is 0 Å². The normalized spacial score (nSPS) is 54.1. The summed E-state index contributed by atoms with van der Waals surface area (Å²) in [6, 6.07) is 0. The maximum atomic E-state index is 13.4. The number of hydrogen-bond donors (Lipinski definition) is 0. The van der Waals surface area contributed by atoms with Crippen molar-refractivity contribution < 1.29 is 33.3 Å². The van der Waals surface area contributed by atoms with Crippen molar-refractivity contribution in [1.82, 2.24) is 0 Å². The molecule has 6 aliphatic rings. The van der Waals surface area contributed by atoms with E-state index in [0.717, 1.165) is 6.42 Å². The topological polar surface area (TPSA) is 88.1 Å². The largest absolute Gasteiger partial charge is 0.465 e. The number of Topliss-reactive ketones (excluding diaryl/α,β-unsaturated/α-hetero) is 1. The van der Waals surface area contributed by atoms with E-state index < -0.39 is 23.1 Å². The van der Waals surface area contributed by atoms with Crippen molar-refractivity contribution in [3.63, 3.8) is 0 Å². The van der Waals surface area contributed by atoms with Crippen molar-refractivity contribution in [3.05, 3.63) is 12.2 Å². The number of rotatable bonds is 2. The third kappa shape index (κ3) is 1.86. The maximum Gasteiger partial charge on any atom is 0.320 e. The van der Waals surface area contributed by atoms with Gasteiger partial charge in [-0.05, 0) is 37.2 Å². The molecule has 6 fully saturated rings. The minimum atomic E-state index is -1.20. The minimum absolute atomic E-state index is 0.0313. The van der Waals surface area contributed by atoms with Crippen molar-refractivity contribution in [2.75, 3.05) is 13.2 Å². The Morgan fingerprint density at radius 1 is 1.31 bits per heavy atom. The fourth-order valence-electron chi connectivity index (χ4n) is 7.97. The lowest BCUT2D eigenvalue weighted by Crippen LogP contribution is -2.74. The lowest BCUT2D eigenvalue weighted by atomic mass is 9.42. The Kier molecular flexibility index (Phi) is 3.30. The Balaban J connectivity index is 1.52. The first-order valence-electron chi connectivity index (χ1n) is 10.6. The zero-order valence-corrected chi connectivity index (χ0v) is 16.8. The number of ketones is 1. The molecule has 7 nitrogen and oxygen atoms in total. The van der Waals surface area contributed by atoms with E-state index in [0.29, 0.717) is 31.4 Å². The molecule has 0 N–H and O–H groups in total. The van der Waals surface area contributed by atoms with Gasteiger partial charge in [0, 0.05) is 29.6 Å². The second kappa shape index (κ2) is 5.30. The molecule has 9 atom stereocenters. The summed E-state index contributed by atoms with van der Waals surface area (Å²) in [5, 5.41) is 0. The lowest BCUT2D eigenvalue weighted by molar-refractivity contribution is -0.307. The van der Waals surface area contributed by atoms with Crippen LogP contribution in [0.15, 0.2) is 12.2 Å². The summed E-state index contributed by atoms with van der Waals surface area (Å²) >= 11 is 0. The number of fused-ring (bicyclic) bond motifs is 1. The summed E-state index contributed by atoms with van der Waals surface area (Å²) in [5.74, 6) is -1.28. The molecule has 29 heavy (non-hydrogen) atoms. The number of esters is 2. The van der Waals surface area contributed by atoms with Crippen LogP contribution in [0, 0.1) is 34.0 Å². The summed E-state index contributed by atoms with van der Waals surface area (Å²) in [5.41, 5.74) is -1.51. The third-order valence-corrected chi connectivity index (χ3v) is 8.96. The fourth-order valence-corrected chi connectivity index (χ4v) is 7.97. The van der Waals surface area contributed by atoms with Crippen LogP contribution in [0.2, 0.25) is 0 Å². The van der Waals surface area contributed by atoms with Crippen molar-refractivity contribution in [1.29, 1.82) is 0 Å². The lowest BCUT2D eigenvalue weighted by Gasteiger charge is -2.65. The molecular weight excluding hydrogens is 376 g/mol. The highest BCUT2D eigenvalue weighted by molar-refractivity contribution is 6.15. The van der Waals surface area contributed by atoms with Crippen LogP contribution in [-0.2, 0) is 33.3 Å². The Bertz CT molecular complexity index is 865. The highest BCUT2D eigenvalue weighted by Gasteiger charge is 2.82. The van der Waals surface area contributed by atoms with Gasteiger partial charge in [-0.1, -0.05) is 13.5 Å². The molecule has 156 valence electrons. The molecule has 4 bridgehead atoms. The highest BCUT2D eigenvalue weighted by atomic mass is 16.7. The first kappa shape index (κ1) is 18.1. The van der Waals surface area contributed by atoms with E-state index in [-0.39, 0.29) is 53.7 Å². The number of carbonyl (C=O) groups excluding carboxylic acids is 3. The van der Waals surface area contributed by atoms with E-state index in [1.54, 1.807) is 0 Å². The molecule has 7 heteroatoms. The Morgan fingerprint density at radius 3 is 2.86 bits per heavy atom. The minimum Gasteiger partial charge on any atom is -0.465 e. The fraction of sp³-hybridized carbons (Fsp3) is 0.773. The smallest absolute Gasteiger partial charge is 0.320 e. The molecular formula is C22H26O7. The van der Waals surface area contributed by atoms with Crippen LogP contribution in [0.4, 0.5) is 0 Å². The van der Waals surface area contributed by atoms with Crippen LogP contribution < -0.4 is 0 Å². The zero-order chi connectivity index (χ0) is 20.3. The molecule has 3 aliphatic heterocycles. The average molecular weight is 402 g/mol. The van der Waals surface area contributed by atoms with Crippen molar-refractivity contribution in [2.24, 2.45) is 34.0 Å². The summed E-state index contributed by atoms with van der Waals surface area (Å²) in [6.45, 7) is 8.21. The molecule has 6 rings (SSSR count). The summed E-state index contributed by atoms with van der Waals surface area (Å²) < 4.78 is 24.1. The molecule has 0 aromatic carbocycles.